The normalized spacial score (nSPS) is 27.0. The molecule has 2 aromatic rings. The Kier molecular flexibility index (Phi) is 4.89. The molecule has 1 aliphatic carbocycles. The Morgan fingerprint density at radius 1 is 1.22 bits per heavy atom. The maximum atomic E-state index is 13.2. The highest BCUT2D eigenvalue weighted by Crippen LogP contribution is 2.41. The summed E-state index contributed by atoms with van der Waals surface area (Å²) in [5, 5.41) is 11.9. The SMILES string of the molecule is CC(C)c1noc2nc(C3CC3)cc(C(=O)NC3CC4CCC(C3)N4)c12.Cl. The van der Waals surface area contributed by atoms with Crippen LogP contribution in [-0.4, -0.2) is 34.2 Å². The fourth-order valence-electron chi connectivity index (χ4n) is 4.59. The zero-order valence-corrected chi connectivity index (χ0v) is 16.6. The molecule has 2 atom stereocenters. The summed E-state index contributed by atoms with van der Waals surface area (Å²) >= 11 is 0. The monoisotopic (exact) mass is 390 g/mol. The molecule has 2 saturated heterocycles. The molecular weight excluding hydrogens is 364 g/mol. The number of aromatic nitrogens is 2. The lowest BCUT2D eigenvalue weighted by molar-refractivity contribution is 0.0925. The number of rotatable bonds is 4. The van der Waals surface area contributed by atoms with Gasteiger partial charge in [0.25, 0.3) is 11.6 Å². The first-order chi connectivity index (χ1) is 12.6. The van der Waals surface area contributed by atoms with Gasteiger partial charge in [-0.3, -0.25) is 4.79 Å². The van der Waals surface area contributed by atoms with Gasteiger partial charge in [0.15, 0.2) is 0 Å². The lowest BCUT2D eigenvalue weighted by atomic mass is 9.98. The summed E-state index contributed by atoms with van der Waals surface area (Å²) in [5.41, 5.74) is 2.99. The molecule has 0 radical (unpaired) electrons. The van der Waals surface area contributed by atoms with Crippen molar-refractivity contribution in [2.75, 3.05) is 0 Å². The van der Waals surface area contributed by atoms with E-state index >= 15 is 0 Å². The van der Waals surface area contributed by atoms with Crippen molar-refractivity contribution in [2.24, 2.45) is 0 Å². The molecule has 0 spiro atoms. The van der Waals surface area contributed by atoms with E-state index in [1.54, 1.807) is 0 Å². The highest BCUT2D eigenvalue weighted by atomic mass is 35.5. The van der Waals surface area contributed by atoms with Crippen LogP contribution >= 0.6 is 12.4 Å². The summed E-state index contributed by atoms with van der Waals surface area (Å²) in [6, 6.07) is 3.34. The molecule has 2 bridgehead atoms. The quantitative estimate of drug-likeness (QED) is 0.832. The van der Waals surface area contributed by atoms with Crippen LogP contribution in [0.3, 0.4) is 0 Å². The van der Waals surface area contributed by atoms with Crippen molar-refractivity contribution < 1.29 is 9.32 Å². The van der Waals surface area contributed by atoms with Gasteiger partial charge in [0.1, 0.15) is 0 Å². The van der Waals surface area contributed by atoms with Crippen molar-refractivity contribution in [1.82, 2.24) is 20.8 Å². The van der Waals surface area contributed by atoms with Gasteiger partial charge in [-0.05, 0) is 50.5 Å². The van der Waals surface area contributed by atoms with E-state index in [-0.39, 0.29) is 30.3 Å². The molecule has 1 saturated carbocycles. The van der Waals surface area contributed by atoms with Gasteiger partial charge in [0.2, 0.25) is 0 Å². The number of nitrogens with zero attached hydrogens (tertiary/aromatic N) is 2. The Hall–Kier alpha value is -1.66. The molecule has 3 fully saturated rings. The molecule has 6 nitrogen and oxygen atoms in total. The fraction of sp³-hybridized carbons (Fsp3) is 0.650. The second-order valence-corrected chi connectivity index (χ2v) is 8.55. The van der Waals surface area contributed by atoms with Crippen LogP contribution in [0.2, 0.25) is 0 Å². The summed E-state index contributed by atoms with van der Waals surface area (Å²) in [7, 11) is 0. The molecule has 146 valence electrons. The number of piperidine rings is 1. The van der Waals surface area contributed by atoms with Gasteiger partial charge in [0, 0.05) is 29.7 Å². The largest absolute Gasteiger partial charge is 0.349 e. The van der Waals surface area contributed by atoms with Crippen molar-refractivity contribution in [3.8, 4) is 0 Å². The van der Waals surface area contributed by atoms with Gasteiger partial charge < -0.3 is 15.2 Å². The van der Waals surface area contributed by atoms with Crippen LogP contribution in [0, 0.1) is 0 Å². The molecule has 2 N–H and O–H groups in total. The number of amides is 1. The number of pyridine rings is 1. The number of hydrogen-bond donors (Lipinski definition) is 2. The lowest BCUT2D eigenvalue weighted by Gasteiger charge is -2.29. The van der Waals surface area contributed by atoms with Crippen LogP contribution in [0.1, 0.15) is 86.0 Å². The Bertz CT molecular complexity index is 849. The van der Waals surface area contributed by atoms with Crippen LogP contribution in [0.15, 0.2) is 10.6 Å². The number of nitrogens with one attached hydrogen (secondary N) is 2. The molecule has 7 heteroatoms. The number of carbonyl (C=O) groups excluding carboxylic acids is 1. The molecule has 3 aliphatic rings. The van der Waals surface area contributed by atoms with E-state index < -0.39 is 0 Å². The maximum Gasteiger partial charge on any atom is 0.259 e. The first-order valence-corrected chi connectivity index (χ1v) is 9.95. The zero-order chi connectivity index (χ0) is 17.8. The number of carbonyl (C=O) groups is 1. The molecule has 5 rings (SSSR count). The van der Waals surface area contributed by atoms with E-state index in [4.69, 9.17) is 4.52 Å². The number of halogens is 1. The van der Waals surface area contributed by atoms with Crippen molar-refractivity contribution in [3.63, 3.8) is 0 Å². The molecule has 2 unspecified atom stereocenters. The first kappa shape index (κ1) is 18.7. The highest BCUT2D eigenvalue weighted by Gasteiger charge is 2.35. The van der Waals surface area contributed by atoms with E-state index in [0.29, 0.717) is 29.3 Å². The third-order valence-corrected chi connectivity index (χ3v) is 6.09. The van der Waals surface area contributed by atoms with Gasteiger partial charge >= 0.3 is 0 Å². The number of hydrogen-bond acceptors (Lipinski definition) is 5. The van der Waals surface area contributed by atoms with E-state index in [0.717, 1.165) is 42.5 Å². The molecule has 1 amide bonds. The predicted octanol–water partition coefficient (Wildman–Crippen LogP) is 3.66. The zero-order valence-electron chi connectivity index (χ0n) is 15.8. The molecular formula is C20H27ClN4O2. The second kappa shape index (κ2) is 7.06. The summed E-state index contributed by atoms with van der Waals surface area (Å²) in [6.07, 6.45) is 6.78. The van der Waals surface area contributed by atoms with Crippen LogP contribution < -0.4 is 10.6 Å². The minimum atomic E-state index is -0.00398. The van der Waals surface area contributed by atoms with E-state index in [1.807, 2.05) is 6.07 Å². The van der Waals surface area contributed by atoms with Crippen LogP contribution in [-0.2, 0) is 0 Å². The minimum Gasteiger partial charge on any atom is -0.349 e. The Labute approximate surface area is 165 Å². The molecule has 27 heavy (non-hydrogen) atoms. The summed E-state index contributed by atoms with van der Waals surface area (Å²) in [6.45, 7) is 4.14. The highest BCUT2D eigenvalue weighted by molar-refractivity contribution is 6.06. The molecule has 2 aromatic heterocycles. The van der Waals surface area contributed by atoms with E-state index in [9.17, 15) is 4.79 Å². The molecule has 0 aromatic carbocycles. The van der Waals surface area contributed by atoms with Crippen LogP contribution in [0.5, 0.6) is 0 Å². The Morgan fingerprint density at radius 2 is 1.93 bits per heavy atom. The Balaban J connectivity index is 0.00000180. The number of fused-ring (bicyclic) bond motifs is 3. The van der Waals surface area contributed by atoms with Crippen molar-refractivity contribution >= 4 is 29.4 Å². The van der Waals surface area contributed by atoms with Crippen LogP contribution in [0.4, 0.5) is 0 Å². The average molecular weight is 391 g/mol. The van der Waals surface area contributed by atoms with Crippen molar-refractivity contribution in [1.29, 1.82) is 0 Å². The second-order valence-electron chi connectivity index (χ2n) is 8.55. The topological polar surface area (TPSA) is 80.0 Å². The first-order valence-electron chi connectivity index (χ1n) is 9.95. The maximum absolute atomic E-state index is 13.2. The van der Waals surface area contributed by atoms with Gasteiger partial charge in [-0.1, -0.05) is 19.0 Å². The Morgan fingerprint density at radius 3 is 2.56 bits per heavy atom. The van der Waals surface area contributed by atoms with Crippen molar-refractivity contribution in [3.05, 3.63) is 23.0 Å². The van der Waals surface area contributed by atoms with Gasteiger partial charge in [-0.15, -0.1) is 12.4 Å². The smallest absolute Gasteiger partial charge is 0.259 e. The van der Waals surface area contributed by atoms with E-state index in [2.05, 4.69) is 34.6 Å². The third-order valence-electron chi connectivity index (χ3n) is 6.09. The van der Waals surface area contributed by atoms with Crippen LogP contribution in [0.25, 0.3) is 11.1 Å². The van der Waals surface area contributed by atoms with Gasteiger partial charge in [-0.2, -0.15) is 0 Å². The third kappa shape index (κ3) is 3.45. The van der Waals surface area contributed by atoms with E-state index in [1.165, 1.54) is 12.8 Å². The lowest BCUT2D eigenvalue weighted by Crippen LogP contribution is -2.48. The van der Waals surface area contributed by atoms with Gasteiger partial charge in [-0.25, -0.2) is 4.98 Å². The standard InChI is InChI=1S/C20H26N4O2.ClH/c1-10(2)18-17-15(9-16(11-3-4-11)23-20(17)26-24-18)19(25)22-14-7-12-5-6-13(8-14)21-12;/h9-14,21H,3-8H2,1-2H3,(H,22,25);1H. The molecule has 2 aliphatic heterocycles. The van der Waals surface area contributed by atoms with Crippen molar-refractivity contribution in [2.45, 2.75) is 82.3 Å². The fourth-order valence-corrected chi connectivity index (χ4v) is 4.59. The summed E-state index contributed by atoms with van der Waals surface area (Å²) in [4.78, 5) is 17.8. The summed E-state index contributed by atoms with van der Waals surface area (Å²) < 4.78 is 5.50. The average Bonchev–Trinajstić information content (AvgIpc) is 3.29. The van der Waals surface area contributed by atoms with Gasteiger partial charge in [0.05, 0.1) is 16.6 Å². The summed E-state index contributed by atoms with van der Waals surface area (Å²) in [5.74, 6) is 0.648. The minimum absolute atomic E-state index is 0. The predicted molar refractivity (Wildman–Crippen MR) is 106 cm³/mol. The molecule has 4 heterocycles.